The van der Waals surface area contributed by atoms with Crippen molar-refractivity contribution in [3.05, 3.63) is 61.2 Å². The molecule has 10 nitrogen and oxygen atoms in total. The highest BCUT2D eigenvalue weighted by Gasteiger charge is 2.77. The zero-order valence-electron chi connectivity index (χ0n) is 29.6. The maximum Gasteiger partial charge on any atom is 0.313 e. The summed E-state index contributed by atoms with van der Waals surface area (Å²) in [4.78, 5) is 61.9. The van der Waals surface area contributed by atoms with Gasteiger partial charge < -0.3 is 29.3 Å². The molecule has 3 aliphatic heterocycles. The van der Waals surface area contributed by atoms with Gasteiger partial charge in [-0.3, -0.25) is 19.2 Å². The third-order valence-corrected chi connectivity index (χ3v) is 12.2. The molecular formula is C39H54BrN3O7. The normalized spacial score (nSPS) is 28.5. The fourth-order valence-electron chi connectivity index (χ4n) is 8.72. The number of alkyl halides is 1. The Balaban J connectivity index is 1.48. The van der Waals surface area contributed by atoms with E-state index < -0.39 is 47.7 Å². The number of likely N-dealkylation sites (N-methyl/N-ethyl adjacent to an activating group) is 1. The summed E-state index contributed by atoms with van der Waals surface area (Å²) in [5, 5.41) is 9.41. The Hall–Kier alpha value is -3.02. The predicted octanol–water partition coefficient (Wildman–Crippen LogP) is 5.34. The summed E-state index contributed by atoms with van der Waals surface area (Å²) in [6, 6.07) is 7.98. The van der Waals surface area contributed by atoms with E-state index in [9.17, 15) is 24.3 Å². The molecule has 1 saturated carbocycles. The summed E-state index contributed by atoms with van der Waals surface area (Å²) in [6.07, 6.45) is 10.1. The van der Waals surface area contributed by atoms with Gasteiger partial charge in [0, 0.05) is 44.0 Å². The van der Waals surface area contributed by atoms with Crippen molar-refractivity contribution < 1.29 is 33.8 Å². The smallest absolute Gasteiger partial charge is 0.313 e. The van der Waals surface area contributed by atoms with Gasteiger partial charge in [-0.15, -0.1) is 13.2 Å². The highest BCUT2D eigenvalue weighted by atomic mass is 79.9. The molecule has 4 fully saturated rings. The maximum atomic E-state index is 14.8. The Kier molecular flexibility index (Phi) is 13.0. The second-order valence-corrected chi connectivity index (χ2v) is 15.6. The van der Waals surface area contributed by atoms with Gasteiger partial charge in [0.2, 0.25) is 17.7 Å². The molecule has 274 valence electrons. The molecule has 3 amide bonds. The number of amides is 3. The number of esters is 1. The van der Waals surface area contributed by atoms with Crippen LogP contribution in [0, 0.1) is 11.8 Å². The minimum absolute atomic E-state index is 0.0504. The van der Waals surface area contributed by atoms with E-state index in [0.717, 1.165) is 37.7 Å². The molecule has 2 bridgehead atoms. The van der Waals surface area contributed by atoms with E-state index in [0.29, 0.717) is 45.2 Å². The Morgan fingerprint density at radius 1 is 1.12 bits per heavy atom. The van der Waals surface area contributed by atoms with Crippen molar-refractivity contribution in [2.24, 2.45) is 11.8 Å². The van der Waals surface area contributed by atoms with Crippen LogP contribution in [0.15, 0.2) is 55.6 Å². The minimum atomic E-state index is -1.20. The van der Waals surface area contributed by atoms with E-state index in [1.165, 1.54) is 0 Å². The van der Waals surface area contributed by atoms with Crippen LogP contribution < -0.4 is 0 Å². The monoisotopic (exact) mass is 755 g/mol. The number of halogens is 1. The number of carbonyl (C=O) groups is 4. The van der Waals surface area contributed by atoms with Crippen LogP contribution in [0.1, 0.15) is 89.2 Å². The topological polar surface area (TPSA) is 117 Å². The molecule has 1 aromatic carbocycles. The fourth-order valence-corrected chi connectivity index (χ4v) is 9.66. The van der Waals surface area contributed by atoms with Gasteiger partial charge in [0.1, 0.15) is 17.7 Å². The minimum Gasteiger partial charge on any atom is -0.455 e. The number of benzene rings is 1. The lowest BCUT2D eigenvalue weighted by molar-refractivity contribution is -0.164. The molecule has 8 atom stereocenters. The Morgan fingerprint density at radius 2 is 1.84 bits per heavy atom. The van der Waals surface area contributed by atoms with Gasteiger partial charge in [-0.25, -0.2) is 0 Å². The number of aliphatic hydroxyl groups excluding tert-OH is 1. The number of aliphatic hydroxyl groups is 1. The Morgan fingerprint density at radius 3 is 2.50 bits per heavy atom. The number of fused-ring (bicyclic) bond motifs is 1. The largest absolute Gasteiger partial charge is 0.455 e. The van der Waals surface area contributed by atoms with Crippen molar-refractivity contribution in [1.82, 2.24) is 14.7 Å². The van der Waals surface area contributed by atoms with Gasteiger partial charge >= 0.3 is 5.97 Å². The SMILES string of the molecule is C=CCCC(=O)N(C)[C@H](C)[C@H](OC(=O)[C@H]1[C@@H]2O[C@@]3(CC2Br)[C@@H]1C(=O)N(CCCCCO)[C@@H]3C(=O)N(CC=C)C1CCCCC1)c1ccccc1. The molecule has 1 aliphatic carbocycles. The Bertz CT molecular complexity index is 1390. The summed E-state index contributed by atoms with van der Waals surface area (Å²) in [5.41, 5.74) is -0.470. The molecule has 1 N–H and O–H groups in total. The summed E-state index contributed by atoms with van der Waals surface area (Å²) < 4.78 is 13.2. The van der Waals surface area contributed by atoms with Crippen LogP contribution in [0.2, 0.25) is 0 Å². The molecule has 0 radical (unpaired) electrons. The first-order chi connectivity index (χ1) is 24.1. The number of allylic oxidation sites excluding steroid dienone is 1. The number of hydrogen-bond acceptors (Lipinski definition) is 7. The summed E-state index contributed by atoms with van der Waals surface area (Å²) in [6.45, 7) is 10.3. The molecule has 3 saturated heterocycles. The number of carbonyl (C=O) groups excluding carboxylic acids is 4. The van der Waals surface area contributed by atoms with E-state index in [-0.39, 0.29) is 41.6 Å². The van der Waals surface area contributed by atoms with Crippen molar-refractivity contribution in [3.63, 3.8) is 0 Å². The zero-order valence-corrected chi connectivity index (χ0v) is 31.2. The van der Waals surface area contributed by atoms with Crippen LogP contribution >= 0.6 is 15.9 Å². The van der Waals surface area contributed by atoms with Crippen molar-refractivity contribution in [2.75, 3.05) is 26.7 Å². The zero-order chi connectivity index (χ0) is 36.0. The number of rotatable bonds is 17. The highest BCUT2D eigenvalue weighted by molar-refractivity contribution is 9.09. The summed E-state index contributed by atoms with van der Waals surface area (Å²) in [7, 11) is 1.71. The lowest BCUT2D eigenvalue weighted by Gasteiger charge is -2.41. The van der Waals surface area contributed by atoms with Crippen LogP contribution in [-0.4, -0.2) is 105 Å². The van der Waals surface area contributed by atoms with Gasteiger partial charge in [0.25, 0.3) is 0 Å². The summed E-state index contributed by atoms with van der Waals surface area (Å²) >= 11 is 3.78. The molecule has 11 heteroatoms. The average molecular weight is 757 g/mol. The number of ether oxygens (including phenoxy) is 2. The van der Waals surface area contributed by atoms with Gasteiger partial charge in [0.05, 0.1) is 24.0 Å². The molecular weight excluding hydrogens is 702 g/mol. The van der Waals surface area contributed by atoms with Crippen LogP contribution in [0.5, 0.6) is 0 Å². The number of unbranched alkanes of at least 4 members (excludes halogenated alkanes) is 2. The second kappa shape index (κ2) is 17.0. The average Bonchev–Trinajstić information content (AvgIpc) is 3.73. The third-order valence-electron chi connectivity index (χ3n) is 11.4. The van der Waals surface area contributed by atoms with Gasteiger partial charge in [-0.05, 0) is 57.4 Å². The lowest BCUT2D eigenvalue weighted by Crippen LogP contribution is -2.58. The van der Waals surface area contributed by atoms with E-state index in [2.05, 4.69) is 29.1 Å². The standard InChI is InChI=1S/C39H54BrN3O7/c1-5-7-21-30(45)41(4)26(3)33(27-17-11-8-12-18-27)49-38(48)31-32-36(46)43(23-15-10-16-24-44)35(39(32)25-29(40)34(31)50-39)37(47)42(22-6-2)28-19-13-9-14-20-28/h5-6,8,11-12,17-18,26,28-29,31-35,44H,1-2,7,9-10,13-16,19-25H2,3-4H3/t26-,29?,31-,32+,33+,34-,35-,39+/m1/s1. The maximum absolute atomic E-state index is 14.8. The molecule has 0 aromatic heterocycles. The molecule has 4 aliphatic rings. The first-order valence-electron chi connectivity index (χ1n) is 18.4. The van der Waals surface area contributed by atoms with Gasteiger partial charge in [-0.2, -0.15) is 0 Å². The molecule has 50 heavy (non-hydrogen) atoms. The lowest BCUT2D eigenvalue weighted by atomic mass is 9.70. The van der Waals surface area contributed by atoms with Crippen LogP contribution in [0.3, 0.4) is 0 Å². The van der Waals surface area contributed by atoms with Crippen molar-refractivity contribution in [2.45, 2.75) is 118 Å². The molecule has 3 heterocycles. The molecule has 5 rings (SSSR count). The van der Waals surface area contributed by atoms with Gasteiger partial charge in [0.15, 0.2) is 0 Å². The van der Waals surface area contributed by atoms with Gasteiger partial charge in [-0.1, -0.05) is 77.7 Å². The number of likely N-dealkylation sites (tertiary alicyclic amines) is 1. The third kappa shape index (κ3) is 7.46. The van der Waals surface area contributed by atoms with Crippen LogP contribution in [0.4, 0.5) is 0 Å². The number of hydrogen-bond donors (Lipinski definition) is 1. The highest BCUT2D eigenvalue weighted by Crippen LogP contribution is 2.60. The van der Waals surface area contributed by atoms with Crippen LogP contribution in [0.25, 0.3) is 0 Å². The van der Waals surface area contributed by atoms with E-state index in [1.807, 2.05) is 42.2 Å². The fraction of sp³-hybridized carbons (Fsp3) is 0.641. The first kappa shape index (κ1) is 38.2. The number of nitrogens with zero attached hydrogens (tertiary/aromatic N) is 3. The predicted molar refractivity (Wildman–Crippen MR) is 194 cm³/mol. The van der Waals surface area contributed by atoms with Crippen LogP contribution in [-0.2, 0) is 28.7 Å². The molecule has 1 spiro atoms. The molecule has 1 unspecified atom stereocenters. The van der Waals surface area contributed by atoms with E-state index in [1.54, 1.807) is 29.0 Å². The first-order valence-corrected chi connectivity index (χ1v) is 19.3. The van der Waals surface area contributed by atoms with Crippen molar-refractivity contribution in [3.8, 4) is 0 Å². The van der Waals surface area contributed by atoms with E-state index >= 15 is 0 Å². The van der Waals surface area contributed by atoms with Crippen molar-refractivity contribution in [1.29, 1.82) is 0 Å². The second-order valence-electron chi connectivity index (χ2n) is 14.4. The quantitative estimate of drug-likeness (QED) is 0.0988. The Labute approximate surface area is 305 Å². The van der Waals surface area contributed by atoms with E-state index in [4.69, 9.17) is 9.47 Å². The summed E-state index contributed by atoms with van der Waals surface area (Å²) in [5.74, 6) is -2.92. The molecule has 1 aromatic rings. The van der Waals surface area contributed by atoms with Crippen molar-refractivity contribution >= 4 is 39.6 Å².